The van der Waals surface area contributed by atoms with E-state index in [1.807, 2.05) is 19.1 Å². The van der Waals surface area contributed by atoms with Crippen molar-refractivity contribution in [2.75, 3.05) is 0 Å². The summed E-state index contributed by atoms with van der Waals surface area (Å²) in [7, 11) is 0. The van der Waals surface area contributed by atoms with Gasteiger partial charge in [-0.15, -0.1) is 0 Å². The molecule has 0 aliphatic rings. The molecule has 0 aromatic heterocycles. The van der Waals surface area contributed by atoms with Gasteiger partial charge in [0, 0.05) is 4.47 Å². The van der Waals surface area contributed by atoms with Crippen LogP contribution in [-0.4, -0.2) is 11.0 Å². The van der Waals surface area contributed by atoms with Crippen molar-refractivity contribution in [1.29, 1.82) is 0 Å². The van der Waals surface area contributed by atoms with Gasteiger partial charge in [-0.05, 0) is 42.8 Å². The van der Waals surface area contributed by atoms with E-state index in [9.17, 15) is 4.39 Å². The first-order valence-electron chi connectivity index (χ1n) is 5.73. The lowest BCUT2D eigenvalue weighted by Gasteiger charge is -2.13. The smallest absolute Gasteiger partial charge is 0.176 e. The second-order valence-corrected chi connectivity index (χ2v) is 5.03. The van der Waals surface area contributed by atoms with Gasteiger partial charge in [-0.1, -0.05) is 27.2 Å². The average molecular weight is 339 g/mol. The highest BCUT2D eigenvalue weighted by Crippen LogP contribution is 2.30. The third kappa shape index (κ3) is 2.91. The maximum atomic E-state index is 13.8. The Morgan fingerprint density at radius 3 is 2.70 bits per heavy atom. The molecule has 0 radical (unpaired) electrons. The topological polar surface area (TPSA) is 67.8 Å². The maximum Gasteiger partial charge on any atom is 0.176 e. The van der Waals surface area contributed by atoms with Crippen molar-refractivity contribution < 1.29 is 14.3 Å². The van der Waals surface area contributed by atoms with Crippen LogP contribution in [0.4, 0.5) is 4.39 Å². The van der Waals surface area contributed by atoms with Crippen molar-refractivity contribution in [3.63, 3.8) is 0 Å². The molecule has 6 heteroatoms. The van der Waals surface area contributed by atoms with Crippen LogP contribution in [0.15, 0.2) is 46.0 Å². The van der Waals surface area contributed by atoms with E-state index in [4.69, 9.17) is 15.7 Å². The van der Waals surface area contributed by atoms with Gasteiger partial charge < -0.3 is 15.7 Å². The molecule has 0 saturated heterocycles. The first-order valence-corrected chi connectivity index (χ1v) is 6.52. The SMILES string of the molecule is Cc1cc(Br)ccc1Oc1cccc(F)c1C(N)=NO. The van der Waals surface area contributed by atoms with E-state index in [0.717, 1.165) is 10.0 Å². The molecule has 2 aromatic carbocycles. The monoisotopic (exact) mass is 338 g/mol. The number of rotatable bonds is 3. The van der Waals surface area contributed by atoms with Crippen molar-refractivity contribution in [2.45, 2.75) is 6.92 Å². The number of hydrogen-bond donors (Lipinski definition) is 2. The van der Waals surface area contributed by atoms with Gasteiger partial charge in [0.1, 0.15) is 17.3 Å². The lowest BCUT2D eigenvalue weighted by Crippen LogP contribution is -2.16. The van der Waals surface area contributed by atoms with E-state index >= 15 is 0 Å². The molecule has 2 rings (SSSR count). The predicted octanol–water partition coefficient (Wildman–Crippen LogP) is 3.78. The molecular formula is C14H12BrFN2O2. The first kappa shape index (κ1) is 14.3. The molecule has 104 valence electrons. The molecule has 20 heavy (non-hydrogen) atoms. The molecule has 2 aromatic rings. The van der Waals surface area contributed by atoms with E-state index in [1.54, 1.807) is 12.1 Å². The highest BCUT2D eigenvalue weighted by Gasteiger charge is 2.15. The fraction of sp³-hybridized carbons (Fsp3) is 0.0714. The van der Waals surface area contributed by atoms with Crippen molar-refractivity contribution in [1.82, 2.24) is 0 Å². The first-order chi connectivity index (χ1) is 9.52. The number of hydrogen-bond acceptors (Lipinski definition) is 3. The minimum absolute atomic E-state index is 0.0719. The van der Waals surface area contributed by atoms with Crippen LogP contribution < -0.4 is 10.5 Å². The van der Waals surface area contributed by atoms with Crippen molar-refractivity contribution in [2.24, 2.45) is 10.9 Å². The Balaban J connectivity index is 2.46. The molecule has 0 heterocycles. The predicted molar refractivity (Wildman–Crippen MR) is 77.9 cm³/mol. The summed E-state index contributed by atoms with van der Waals surface area (Å²) in [4.78, 5) is 0. The third-order valence-corrected chi connectivity index (χ3v) is 3.19. The van der Waals surface area contributed by atoms with Crippen LogP contribution in [-0.2, 0) is 0 Å². The standard InChI is InChI=1S/C14H12BrFN2O2/c1-8-7-9(15)5-6-11(8)20-12-4-2-3-10(16)13(12)14(17)18-19/h2-7,19H,1H3,(H2,17,18). The van der Waals surface area contributed by atoms with Gasteiger partial charge in [0.15, 0.2) is 5.84 Å². The second kappa shape index (κ2) is 5.92. The third-order valence-electron chi connectivity index (χ3n) is 2.70. The number of benzene rings is 2. The summed E-state index contributed by atoms with van der Waals surface area (Å²) in [6.07, 6.45) is 0. The Kier molecular flexibility index (Phi) is 4.24. The van der Waals surface area contributed by atoms with E-state index in [-0.39, 0.29) is 17.1 Å². The van der Waals surface area contributed by atoms with Crippen LogP contribution in [0, 0.1) is 12.7 Å². The number of nitrogens with zero attached hydrogens (tertiary/aromatic N) is 1. The fourth-order valence-electron chi connectivity index (χ4n) is 1.73. The number of nitrogens with two attached hydrogens (primary N) is 1. The van der Waals surface area contributed by atoms with Gasteiger partial charge in [-0.2, -0.15) is 0 Å². The van der Waals surface area contributed by atoms with Gasteiger partial charge in [0.2, 0.25) is 0 Å². The second-order valence-electron chi connectivity index (χ2n) is 4.11. The lowest BCUT2D eigenvalue weighted by atomic mass is 10.1. The van der Waals surface area contributed by atoms with Crippen LogP contribution in [0.25, 0.3) is 0 Å². The number of amidine groups is 1. The zero-order chi connectivity index (χ0) is 14.7. The molecule has 0 aliphatic carbocycles. The maximum absolute atomic E-state index is 13.8. The Morgan fingerprint density at radius 1 is 1.30 bits per heavy atom. The summed E-state index contributed by atoms with van der Waals surface area (Å²) in [6, 6.07) is 9.70. The quantitative estimate of drug-likeness (QED) is 0.387. The minimum Gasteiger partial charge on any atom is -0.456 e. The number of halogens is 2. The summed E-state index contributed by atoms with van der Waals surface area (Å²) in [5.41, 5.74) is 6.28. The van der Waals surface area contributed by atoms with E-state index in [0.29, 0.717) is 5.75 Å². The normalized spacial score (nSPS) is 11.4. The molecule has 0 fully saturated rings. The molecule has 0 aliphatic heterocycles. The number of aryl methyl sites for hydroxylation is 1. The summed E-state index contributed by atoms with van der Waals surface area (Å²) in [6.45, 7) is 1.86. The highest BCUT2D eigenvalue weighted by molar-refractivity contribution is 9.10. The van der Waals surface area contributed by atoms with Gasteiger partial charge >= 0.3 is 0 Å². The van der Waals surface area contributed by atoms with E-state index in [2.05, 4.69) is 21.1 Å². The van der Waals surface area contributed by atoms with Crippen molar-refractivity contribution in [3.8, 4) is 11.5 Å². The number of oxime groups is 1. The van der Waals surface area contributed by atoms with Gasteiger partial charge in [-0.3, -0.25) is 0 Å². The van der Waals surface area contributed by atoms with Crippen molar-refractivity contribution in [3.05, 3.63) is 57.8 Å². The summed E-state index contributed by atoms with van der Waals surface area (Å²) in [5.74, 6) is -0.211. The zero-order valence-electron chi connectivity index (χ0n) is 10.6. The van der Waals surface area contributed by atoms with Crippen LogP contribution in [0.2, 0.25) is 0 Å². The molecule has 0 amide bonds. The Hall–Kier alpha value is -2.08. The van der Waals surface area contributed by atoms with Crippen molar-refractivity contribution >= 4 is 21.8 Å². The molecule has 0 bridgehead atoms. The Labute approximate surface area is 123 Å². The molecule has 4 nitrogen and oxygen atoms in total. The zero-order valence-corrected chi connectivity index (χ0v) is 12.2. The Bertz CT molecular complexity index is 674. The van der Waals surface area contributed by atoms with Crippen LogP contribution in [0.3, 0.4) is 0 Å². The molecular weight excluding hydrogens is 327 g/mol. The van der Waals surface area contributed by atoms with E-state index in [1.165, 1.54) is 12.1 Å². The molecule has 0 saturated carbocycles. The Morgan fingerprint density at radius 2 is 2.05 bits per heavy atom. The van der Waals surface area contributed by atoms with Crippen LogP contribution in [0.1, 0.15) is 11.1 Å². The number of ether oxygens (including phenoxy) is 1. The lowest BCUT2D eigenvalue weighted by molar-refractivity contribution is 0.318. The van der Waals surface area contributed by atoms with E-state index < -0.39 is 5.82 Å². The minimum atomic E-state index is -0.618. The van der Waals surface area contributed by atoms with Gasteiger partial charge in [-0.25, -0.2) is 4.39 Å². The van der Waals surface area contributed by atoms with Crippen LogP contribution >= 0.6 is 15.9 Å². The summed E-state index contributed by atoms with van der Waals surface area (Å²) < 4.78 is 20.4. The summed E-state index contributed by atoms with van der Waals surface area (Å²) in [5, 5.41) is 11.6. The van der Waals surface area contributed by atoms with Gasteiger partial charge in [0.05, 0.1) is 5.56 Å². The largest absolute Gasteiger partial charge is 0.456 e. The average Bonchev–Trinajstić information content (AvgIpc) is 2.41. The van der Waals surface area contributed by atoms with Gasteiger partial charge in [0.25, 0.3) is 0 Å². The summed E-state index contributed by atoms with van der Waals surface area (Å²) >= 11 is 3.35. The highest BCUT2D eigenvalue weighted by atomic mass is 79.9. The molecule has 0 unspecified atom stereocenters. The molecule has 0 atom stereocenters. The molecule has 0 spiro atoms. The fourth-order valence-corrected chi connectivity index (χ4v) is 2.21. The molecule has 3 N–H and O–H groups in total. The van der Waals surface area contributed by atoms with Crippen LogP contribution in [0.5, 0.6) is 11.5 Å².